The number of nitrogens with zero attached hydrogens (tertiary/aromatic N) is 3. The Bertz CT molecular complexity index is 649. The molecule has 1 aliphatic rings. The normalized spacial score (nSPS) is 17.3. The van der Waals surface area contributed by atoms with Gasteiger partial charge < -0.3 is 9.84 Å². The number of carbonyl (C=O) groups is 1. The highest BCUT2D eigenvalue weighted by Crippen LogP contribution is 2.19. The molecule has 1 atom stereocenters. The molecule has 3 rings (SSSR count). The molecule has 0 saturated carbocycles. The number of aryl methyl sites for hydroxylation is 2. The Hall–Kier alpha value is -2.37. The lowest BCUT2D eigenvalue weighted by Gasteiger charge is -2.17. The Morgan fingerprint density at radius 2 is 2.19 bits per heavy atom. The molecule has 1 aromatic heterocycles. The molecule has 1 aliphatic heterocycles. The van der Waals surface area contributed by atoms with Crippen LogP contribution in [0.5, 0.6) is 5.75 Å². The van der Waals surface area contributed by atoms with Crippen LogP contribution in [0.1, 0.15) is 23.6 Å². The van der Waals surface area contributed by atoms with Gasteiger partial charge in [0.2, 0.25) is 0 Å². The van der Waals surface area contributed by atoms with Gasteiger partial charge in [0, 0.05) is 13.0 Å². The number of aromatic nitrogens is 3. The summed E-state index contributed by atoms with van der Waals surface area (Å²) in [6.07, 6.45) is 1.04. The highest BCUT2D eigenvalue weighted by molar-refractivity contribution is 5.70. The van der Waals surface area contributed by atoms with Crippen LogP contribution in [0.3, 0.4) is 0 Å². The minimum atomic E-state index is -0.762. The second-order valence-electron chi connectivity index (χ2n) is 5.30. The summed E-state index contributed by atoms with van der Waals surface area (Å²) in [4.78, 5) is 15.4. The maximum absolute atomic E-state index is 11.0. The largest absolute Gasteiger partial charge is 0.486 e. The van der Waals surface area contributed by atoms with Gasteiger partial charge in [-0.05, 0) is 25.5 Å². The van der Waals surface area contributed by atoms with Gasteiger partial charge in [-0.1, -0.05) is 17.7 Å². The van der Waals surface area contributed by atoms with Crippen molar-refractivity contribution in [3.63, 3.8) is 0 Å². The van der Waals surface area contributed by atoms with Gasteiger partial charge >= 0.3 is 5.97 Å². The molecule has 0 saturated heterocycles. The summed E-state index contributed by atoms with van der Waals surface area (Å²) in [5, 5.41) is 13.4. The number of benzene rings is 1. The average Bonchev–Trinajstić information content (AvgIpc) is 2.88. The van der Waals surface area contributed by atoms with Crippen LogP contribution in [-0.4, -0.2) is 25.8 Å². The van der Waals surface area contributed by atoms with Gasteiger partial charge in [0.05, 0.1) is 5.92 Å². The Morgan fingerprint density at radius 1 is 1.43 bits per heavy atom. The lowest BCUT2D eigenvalue weighted by Crippen LogP contribution is -2.26. The maximum Gasteiger partial charge on any atom is 0.307 e. The van der Waals surface area contributed by atoms with Gasteiger partial charge in [-0.25, -0.2) is 9.67 Å². The third kappa shape index (κ3) is 3.04. The van der Waals surface area contributed by atoms with E-state index >= 15 is 0 Å². The van der Waals surface area contributed by atoms with E-state index in [2.05, 4.69) is 10.1 Å². The summed E-state index contributed by atoms with van der Waals surface area (Å²) < 4.78 is 7.43. The molecule has 0 fully saturated rings. The summed E-state index contributed by atoms with van der Waals surface area (Å²) in [5.41, 5.74) is 1.18. The zero-order valence-corrected chi connectivity index (χ0v) is 11.8. The lowest BCUT2D eigenvalue weighted by atomic mass is 9.99. The molecule has 21 heavy (non-hydrogen) atoms. The van der Waals surface area contributed by atoms with Gasteiger partial charge in [0.1, 0.15) is 18.2 Å². The fourth-order valence-corrected chi connectivity index (χ4v) is 2.41. The van der Waals surface area contributed by atoms with Crippen molar-refractivity contribution in [2.75, 3.05) is 0 Å². The topological polar surface area (TPSA) is 77.2 Å². The molecular weight excluding hydrogens is 270 g/mol. The molecule has 110 valence electrons. The van der Waals surface area contributed by atoms with E-state index in [1.54, 1.807) is 4.68 Å². The second-order valence-corrected chi connectivity index (χ2v) is 5.30. The van der Waals surface area contributed by atoms with Crippen LogP contribution in [0.4, 0.5) is 0 Å². The van der Waals surface area contributed by atoms with Crippen molar-refractivity contribution >= 4 is 5.97 Å². The molecule has 1 aromatic carbocycles. The number of ether oxygens (including phenoxy) is 1. The lowest BCUT2D eigenvalue weighted by molar-refractivity contribution is -0.142. The van der Waals surface area contributed by atoms with Crippen LogP contribution in [0.25, 0.3) is 0 Å². The van der Waals surface area contributed by atoms with Crippen molar-refractivity contribution in [3.8, 4) is 5.75 Å². The van der Waals surface area contributed by atoms with E-state index in [1.165, 1.54) is 5.56 Å². The SMILES string of the molecule is Cc1ccc(OCc2nc3n(n2)CCC(C(=O)O)C3)cc1. The van der Waals surface area contributed by atoms with Crippen LogP contribution in [0, 0.1) is 12.8 Å². The molecule has 1 unspecified atom stereocenters. The fourth-order valence-electron chi connectivity index (χ4n) is 2.41. The molecule has 0 spiro atoms. The van der Waals surface area contributed by atoms with Crippen molar-refractivity contribution < 1.29 is 14.6 Å². The van der Waals surface area contributed by atoms with Gasteiger partial charge in [-0.2, -0.15) is 5.10 Å². The molecule has 6 nitrogen and oxygen atoms in total. The Labute approximate surface area is 122 Å². The highest BCUT2D eigenvalue weighted by atomic mass is 16.5. The monoisotopic (exact) mass is 287 g/mol. The first-order valence-electron chi connectivity index (χ1n) is 6.96. The first-order chi connectivity index (χ1) is 10.1. The van der Waals surface area contributed by atoms with E-state index in [0.29, 0.717) is 31.8 Å². The maximum atomic E-state index is 11.0. The van der Waals surface area contributed by atoms with Crippen molar-refractivity contribution in [2.24, 2.45) is 5.92 Å². The van der Waals surface area contributed by atoms with E-state index < -0.39 is 5.97 Å². The molecular formula is C15H17N3O3. The predicted octanol–water partition coefficient (Wildman–Crippen LogP) is 1.81. The number of aliphatic carboxylic acids is 1. The number of carboxylic acids is 1. The smallest absolute Gasteiger partial charge is 0.307 e. The summed E-state index contributed by atoms with van der Waals surface area (Å²) in [6, 6.07) is 7.79. The van der Waals surface area contributed by atoms with E-state index in [0.717, 1.165) is 11.6 Å². The van der Waals surface area contributed by atoms with E-state index in [9.17, 15) is 4.79 Å². The summed E-state index contributed by atoms with van der Waals surface area (Å²) in [6.45, 7) is 2.91. The summed E-state index contributed by atoms with van der Waals surface area (Å²) in [5.74, 6) is 0.985. The molecule has 0 aliphatic carbocycles. The molecule has 2 heterocycles. The number of carboxylic acid groups (broad SMARTS) is 1. The average molecular weight is 287 g/mol. The van der Waals surface area contributed by atoms with Gasteiger partial charge in [-0.3, -0.25) is 4.79 Å². The first-order valence-corrected chi connectivity index (χ1v) is 6.96. The molecule has 0 amide bonds. The number of rotatable bonds is 4. The van der Waals surface area contributed by atoms with E-state index in [-0.39, 0.29) is 5.92 Å². The minimum absolute atomic E-state index is 0.292. The van der Waals surface area contributed by atoms with Crippen LogP contribution in [-0.2, 0) is 24.4 Å². The molecule has 6 heteroatoms. The van der Waals surface area contributed by atoms with Gasteiger partial charge in [0.25, 0.3) is 0 Å². The zero-order valence-electron chi connectivity index (χ0n) is 11.8. The molecule has 1 N–H and O–H groups in total. The van der Waals surface area contributed by atoms with Crippen LogP contribution >= 0.6 is 0 Å². The zero-order chi connectivity index (χ0) is 14.8. The van der Waals surface area contributed by atoms with Crippen molar-refractivity contribution in [1.29, 1.82) is 0 Å². The number of hydrogen-bond acceptors (Lipinski definition) is 4. The third-order valence-corrected chi connectivity index (χ3v) is 3.65. The Morgan fingerprint density at radius 3 is 2.90 bits per heavy atom. The van der Waals surface area contributed by atoms with E-state index in [1.807, 2.05) is 31.2 Å². The van der Waals surface area contributed by atoms with Crippen molar-refractivity contribution in [1.82, 2.24) is 14.8 Å². The summed E-state index contributed by atoms with van der Waals surface area (Å²) >= 11 is 0. The first kappa shape index (κ1) is 13.6. The third-order valence-electron chi connectivity index (χ3n) is 3.65. The fraction of sp³-hybridized carbons (Fsp3) is 0.400. The number of fused-ring (bicyclic) bond motifs is 1. The molecule has 0 bridgehead atoms. The van der Waals surface area contributed by atoms with E-state index in [4.69, 9.17) is 9.84 Å². The van der Waals surface area contributed by atoms with Crippen LogP contribution < -0.4 is 4.74 Å². The summed E-state index contributed by atoms with van der Waals surface area (Å²) in [7, 11) is 0. The van der Waals surface area contributed by atoms with Gasteiger partial charge in [0.15, 0.2) is 5.82 Å². The minimum Gasteiger partial charge on any atom is -0.486 e. The molecule has 0 radical (unpaired) electrons. The quantitative estimate of drug-likeness (QED) is 0.928. The van der Waals surface area contributed by atoms with Crippen LogP contribution in [0.15, 0.2) is 24.3 Å². The van der Waals surface area contributed by atoms with Crippen molar-refractivity contribution in [2.45, 2.75) is 32.9 Å². The number of hydrogen-bond donors (Lipinski definition) is 1. The van der Waals surface area contributed by atoms with Crippen LogP contribution in [0.2, 0.25) is 0 Å². The standard InChI is InChI=1S/C15H17N3O3/c1-10-2-4-12(5-3-10)21-9-13-16-14-8-11(15(19)20)6-7-18(14)17-13/h2-5,11H,6-9H2,1H3,(H,19,20). The molecule has 2 aromatic rings. The van der Waals surface area contributed by atoms with Crippen molar-refractivity contribution in [3.05, 3.63) is 41.5 Å². The Kier molecular flexibility index (Phi) is 3.60. The second kappa shape index (κ2) is 5.55. The predicted molar refractivity (Wildman–Crippen MR) is 75.0 cm³/mol. The highest BCUT2D eigenvalue weighted by Gasteiger charge is 2.26. The van der Waals surface area contributed by atoms with Gasteiger partial charge in [-0.15, -0.1) is 0 Å². The Balaban J connectivity index is 1.65.